The van der Waals surface area contributed by atoms with Crippen molar-refractivity contribution in [2.75, 3.05) is 31.7 Å². The molecule has 4 nitrogen and oxygen atoms in total. The van der Waals surface area contributed by atoms with Crippen molar-refractivity contribution in [3.63, 3.8) is 0 Å². The average Bonchev–Trinajstić information content (AvgIpc) is 2.38. The molecule has 4 heteroatoms. The summed E-state index contributed by atoms with van der Waals surface area (Å²) in [5.41, 5.74) is 7.42. The smallest absolute Gasteiger partial charge is 0.252 e. The molecule has 0 aromatic heterocycles. The van der Waals surface area contributed by atoms with Gasteiger partial charge in [-0.2, -0.15) is 0 Å². The van der Waals surface area contributed by atoms with Crippen LogP contribution in [0.1, 0.15) is 12.5 Å². The lowest BCUT2D eigenvalue weighted by Crippen LogP contribution is -2.30. The van der Waals surface area contributed by atoms with Gasteiger partial charge in [0.1, 0.15) is 6.61 Å². The fourth-order valence-corrected chi connectivity index (χ4v) is 1.44. The highest BCUT2D eigenvalue weighted by Gasteiger charge is 2.10. The summed E-state index contributed by atoms with van der Waals surface area (Å²) in [4.78, 5) is 13.3. The van der Waals surface area contributed by atoms with Crippen molar-refractivity contribution in [1.82, 2.24) is 0 Å². The molecule has 1 aromatic carbocycles. The Kier molecular flexibility index (Phi) is 5.66. The van der Waals surface area contributed by atoms with Crippen LogP contribution in [-0.2, 0) is 16.0 Å². The Morgan fingerprint density at radius 2 is 2.00 bits per heavy atom. The topological polar surface area (TPSA) is 55.6 Å². The third-order valence-electron chi connectivity index (χ3n) is 2.59. The van der Waals surface area contributed by atoms with E-state index in [1.54, 1.807) is 11.9 Å². The number of aryl methyl sites for hydroxylation is 1. The fourth-order valence-electron chi connectivity index (χ4n) is 1.44. The van der Waals surface area contributed by atoms with E-state index in [-0.39, 0.29) is 12.5 Å². The molecule has 0 saturated heterocycles. The van der Waals surface area contributed by atoms with Gasteiger partial charge in [-0.15, -0.1) is 0 Å². The summed E-state index contributed by atoms with van der Waals surface area (Å²) in [6.45, 7) is 3.02. The lowest BCUT2D eigenvalue weighted by molar-refractivity contribution is -0.122. The van der Waals surface area contributed by atoms with Crippen molar-refractivity contribution >= 4 is 11.6 Å². The van der Waals surface area contributed by atoms with Gasteiger partial charge in [0.05, 0.1) is 6.61 Å². The van der Waals surface area contributed by atoms with E-state index in [2.05, 4.69) is 6.92 Å². The van der Waals surface area contributed by atoms with E-state index in [0.29, 0.717) is 13.2 Å². The predicted molar refractivity (Wildman–Crippen MR) is 69.1 cm³/mol. The van der Waals surface area contributed by atoms with Gasteiger partial charge in [0.2, 0.25) is 0 Å². The van der Waals surface area contributed by atoms with Crippen LogP contribution in [0, 0.1) is 0 Å². The number of ether oxygens (including phenoxy) is 1. The Morgan fingerprint density at radius 1 is 1.35 bits per heavy atom. The number of nitrogens with two attached hydrogens (primary N) is 1. The summed E-state index contributed by atoms with van der Waals surface area (Å²) < 4.78 is 5.12. The first-order chi connectivity index (χ1) is 8.19. The Labute approximate surface area is 102 Å². The van der Waals surface area contributed by atoms with E-state index < -0.39 is 0 Å². The summed E-state index contributed by atoms with van der Waals surface area (Å²) in [5.74, 6) is -0.0669. The number of likely N-dealkylation sites (N-methyl/N-ethyl adjacent to an activating group) is 1. The van der Waals surface area contributed by atoms with Crippen LogP contribution >= 0.6 is 0 Å². The minimum atomic E-state index is -0.0669. The van der Waals surface area contributed by atoms with Gasteiger partial charge in [-0.25, -0.2) is 0 Å². The molecule has 94 valence electrons. The SMILES string of the molecule is CCc1ccc(N(C)C(=O)COCCN)cc1. The highest BCUT2D eigenvalue weighted by molar-refractivity contribution is 5.93. The van der Waals surface area contributed by atoms with Crippen LogP contribution < -0.4 is 10.6 Å². The lowest BCUT2D eigenvalue weighted by Gasteiger charge is -2.17. The van der Waals surface area contributed by atoms with Crippen molar-refractivity contribution in [3.05, 3.63) is 29.8 Å². The number of anilines is 1. The molecule has 0 heterocycles. The molecule has 1 aromatic rings. The van der Waals surface area contributed by atoms with Gasteiger partial charge in [0, 0.05) is 19.3 Å². The first-order valence-electron chi connectivity index (χ1n) is 5.82. The zero-order chi connectivity index (χ0) is 12.7. The maximum absolute atomic E-state index is 11.7. The molecule has 0 saturated carbocycles. The molecule has 0 fully saturated rings. The maximum atomic E-state index is 11.7. The molecule has 0 unspecified atom stereocenters. The maximum Gasteiger partial charge on any atom is 0.252 e. The molecule has 0 bridgehead atoms. The molecule has 0 radical (unpaired) electrons. The zero-order valence-corrected chi connectivity index (χ0v) is 10.5. The van der Waals surface area contributed by atoms with Crippen LogP contribution in [0.25, 0.3) is 0 Å². The first-order valence-corrected chi connectivity index (χ1v) is 5.82. The molecule has 0 atom stereocenters. The highest BCUT2D eigenvalue weighted by atomic mass is 16.5. The van der Waals surface area contributed by atoms with Gasteiger partial charge in [-0.1, -0.05) is 19.1 Å². The van der Waals surface area contributed by atoms with Crippen LogP contribution in [0.4, 0.5) is 5.69 Å². The van der Waals surface area contributed by atoms with E-state index in [4.69, 9.17) is 10.5 Å². The van der Waals surface area contributed by atoms with Crippen molar-refractivity contribution in [3.8, 4) is 0 Å². The molecule has 0 aliphatic rings. The van der Waals surface area contributed by atoms with Crippen LogP contribution in [0.5, 0.6) is 0 Å². The Bertz CT molecular complexity index is 349. The number of hydrogen-bond donors (Lipinski definition) is 1. The number of amides is 1. The predicted octanol–water partition coefficient (Wildman–Crippen LogP) is 1.19. The van der Waals surface area contributed by atoms with E-state index in [1.165, 1.54) is 5.56 Å². The first kappa shape index (κ1) is 13.7. The molecule has 0 spiro atoms. The quantitative estimate of drug-likeness (QED) is 0.755. The second-order valence-corrected chi connectivity index (χ2v) is 3.81. The molecular formula is C13H20N2O2. The molecular weight excluding hydrogens is 216 g/mol. The Morgan fingerprint density at radius 3 is 2.53 bits per heavy atom. The normalized spacial score (nSPS) is 10.3. The zero-order valence-electron chi connectivity index (χ0n) is 10.5. The molecule has 17 heavy (non-hydrogen) atoms. The van der Waals surface area contributed by atoms with E-state index in [1.807, 2.05) is 24.3 Å². The molecule has 1 rings (SSSR count). The van der Waals surface area contributed by atoms with Gasteiger partial charge in [-0.3, -0.25) is 4.79 Å². The number of rotatable bonds is 6. The summed E-state index contributed by atoms with van der Waals surface area (Å²) in [7, 11) is 1.75. The van der Waals surface area contributed by atoms with E-state index in [0.717, 1.165) is 12.1 Å². The molecule has 2 N–H and O–H groups in total. The summed E-state index contributed by atoms with van der Waals surface area (Å²) in [6, 6.07) is 7.94. The van der Waals surface area contributed by atoms with Gasteiger partial charge < -0.3 is 15.4 Å². The van der Waals surface area contributed by atoms with Crippen LogP contribution in [0.2, 0.25) is 0 Å². The van der Waals surface area contributed by atoms with E-state index in [9.17, 15) is 4.79 Å². The standard InChI is InChI=1S/C13H20N2O2/c1-3-11-4-6-12(7-5-11)15(2)13(16)10-17-9-8-14/h4-7H,3,8-10,14H2,1-2H3. The number of carbonyl (C=O) groups excluding carboxylic acids is 1. The van der Waals surface area contributed by atoms with Crippen molar-refractivity contribution in [2.24, 2.45) is 5.73 Å². The Balaban J connectivity index is 2.55. The van der Waals surface area contributed by atoms with Crippen LogP contribution in [0.15, 0.2) is 24.3 Å². The van der Waals surface area contributed by atoms with Gasteiger partial charge in [0.25, 0.3) is 5.91 Å². The van der Waals surface area contributed by atoms with Gasteiger partial charge in [0.15, 0.2) is 0 Å². The minimum absolute atomic E-state index is 0.0669. The lowest BCUT2D eigenvalue weighted by atomic mass is 10.1. The number of benzene rings is 1. The van der Waals surface area contributed by atoms with Crippen LogP contribution in [-0.4, -0.2) is 32.7 Å². The Hall–Kier alpha value is -1.39. The third-order valence-corrected chi connectivity index (χ3v) is 2.59. The summed E-state index contributed by atoms with van der Waals surface area (Å²) in [5, 5.41) is 0. The van der Waals surface area contributed by atoms with Crippen molar-refractivity contribution < 1.29 is 9.53 Å². The third kappa shape index (κ3) is 4.17. The fraction of sp³-hybridized carbons (Fsp3) is 0.462. The highest BCUT2D eigenvalue weighted by Crippen LogP contribution is 2.14. The largest absolute Gasteiger partial charge is 0.370 e. The van der Waals surface area contributed by atoms with Crippen LogP contribution in [0.3, 0.4) is 0 Å². The number of carbonyl (C=O) groups is 1. The number of hydrogen-bond acceptors (Lipinski definition) is 3. The summed E-state index contributed by atoms with van der Waals surface area (Å²) in [6.07, 6.45) is 0.998. The minimum Gasteiger partial charge on any atom is -0.370 e. The second kappa shape index (κ2) is 7.04. The average molecular weight is 236 g/mol. The van der Waals surface area contributed by atoms with Crippen molar-refractivity contribution in [1.29, 1.82) is 0 Å². The number of nitrogens with zero attached hydrogens (tertiary/aromatic N) is 1. The molecule has 0 aliphatic carbocycles. The van der Waals surface area contributed by atoms with Gasteiger partial charge in [-0.05, 0) is 24.1 Å². The van der Waals surface area contributed by atoms with Gasteiger partial charge >= 0.3 is 0 Å². The summed E-state index contributed by atoms with van der Waals surface area (Å²) >= 11 is 0. The monoisotopic (exact) mass is 236 g/mol. The van der Waals surface area contributed by atoms with E-state index >= 15 is 0 Å². The van der Waals surface area contributed by atoms with Crippen molar-refractivity contribution in [2.45, 2.75) is 13.3 Å². The second-order valence-electron chi connectivity index (χ2n) is 3.81. The molecule has 1 amide bonds. The molecule has 0 aliphatic heterocycles.